The molecule has 1 rings (SSSR count). The van der Waals surface area contributed by atoms with Gasteiger partial charge in [0.1, 0.15) is 0 Å². The number of aliphatic hydroxyl groups excluding tert-OH is 2. The summed E-state index contributed by atoms with van der Waals surface area (Å²) in [6.45, 7) is 13.2. The lowest BCUT2D eigenvalue weighted by molar-refractivity contribution is -0.0917. The fourth-order valence-electron chi connectivity index (χ4n) is 3.73. The van der Waals surface area contributed by atoms with E-state index in [2.05, 4.69) is 41.5 Å². The van der Waals surface area contributed by atoms with Crippen LogP contribution in [-0.2, 0) is 0 Å². The topological polar surface area (TPSA) is 60.7 Å². The zero-order chi connectivity index (χ0) is 15.7. The Morgan fingerprint density at radius 3 is 1.60 bits per heavy atom. The summed E-state index contributed by atoms with van der Waals surface area (Å²) in [6.07, 6.45) is 1.79. The Hall–Kier alpha value is -0.120. The van der Waals surface area contributed by atoms with Crippen LogP contribution in [0.25, 0.3) is 0 Å². The van der Waals surface area contributed by atoms with Crippen LogP contribution in [-0.4, -0.2) is 27.7 Å². The summed E-state index contributed by atoms with van der Waals surface area (Å²) in [5.41, 5.74) is 0.166. The maximum Gasteiger partial charge on any atom is 0.151 e. The van der Waals surface area contributed by atoms with Crippen molar-refractivity contribution in [3.8, 4) is 0 Å². The van der Waals surface area contributed by atoms with E-state index < -0.39 is 6.29 Å². The van der Waals surface area contributed by atoms with Crippen LogP contribution in [0.1, 0.15) is 67.2 Å². The van der Waals surface area contributed by atoms with Gasteiger partial charge in [0.2, 0.25) is 0 Å². The number of rotatable bonds is 3. The lowest BCUT2D eigenvalue weighted by Crippen LogP contribution is -2.47. The maximum atomic E-state index is 10.8. The van der Waals surface area contributed by atoms with E-state index in [1.165, 1.54) is 0 Å². The minimum atomic E-state index is -1.21. The van der Waals surface area contributed by atoms with Crippen molar-refractivity contribution in [3.05, 3.63) is 0 Å². The second-order valence-electron chi connectivity index (χ2n) is 8.83. The zero-order valence-electron chi connectivity index (χ0n) is 14.1. The highest BCUT2D eigenvalue weighted by atomic mass is 16.5. The van der Waals surface area contributed by atoms with Crippen LogP contribution >= 0.6 is 0 Å². The van der Waals surface area contributed by atoms with Gasteiger partial charge in [-0.3, -0.25) is 0 Å². The third-order valence-electron chi connectivity index (χ3n) is 5.06. The summed E-state index contributed by atoms with van der Waals surface area (Å²) >= 11 is 0. The molecule has 0 aromatic rings. The van der Waals surface area contributed by atoms with Crippen molar-refractivity contribution < 1.29 is 15.3 Å². The normalized spacial score (nSPS) is 32.7. The van der Waals surface area contributed by atoms with Crippen LogP contribution in [0.15, 0.2) is 0 Å². The number of hydrogen-bond donors (Lipinski definition) is 3. The van der Waals surface area contributed by atoms with Gasteiger partial charge in [-0.2, -0.15) is 0 Å². The van der Waals surface area contributed by atoms with E-state index in [1.807, 2.05) is 0 Å². The van der Waals surface area contributed by atoms with Gasteiger partial charge in [-0.05, 0) is 54.3 Å². The van der Waals surface area contributed by atoms with Gasteiger partial charge in [-0.15, -0.1) is 0 Å². The van der Waals surface area contributed by atoms with Crippen LogP contribution < -0.4 is 0 Å². The van der Waals surface area contributed by atoms with Crippen LogP contribution in [0.5, 0.6) is 0 Å². The minimum Gasteiger partial charge on any atom is -0.393 e. The molecule has 0 aromatic carbocycles. The van der Waals surface area contributed by atoms with Crippen molar-refractivity contribution >= 4 is 0 Å². The average Bonchev–Trinajstić information content (AvgIpc) is 2.24. The second-order valence-corrected chi connectivity index (χ2v) is 8.83. The summed E-state index contributed by atoms with van der Waals surface area (Å²) in [6, 6.07) is 0. The van der Waals surface area contributed by atoms with Crippen LogP contribution in [0, 0.1) is 28.6 Å². The lowest BCUT2D eigenvalue weighted by Gasteiger charge is -2.49. The van der Waals surface area contributed by atoms with E-state index in [9.17, 15) is 5.11 Å². The summed E-state index contributed by atoms with van der Waals surface area (Å²) in [5, 5.41) is 29.0. The maximum absolute atomic E-state index is 10.8. The molecule has 2 atom stereocenters. The number of aliphatic hydroxyl groups is 3. The minimum absolute atomic E-state index is 0.0828. The van der Waals surface area contributed by atoms with Gasteiger partial charge in [0.15, 0.2) is 6.29 Å². The molecule has 0 heterocycles. The van der Waals surface area contributed by atoms with Crippen LogP contribution in [0.4, 0.5) is 0 Å². The average molecular weight is 286 g/mol. The van der Waals surface area contributed by atoms with Gasteiger partial charge in [-0.25, -0.2) is 0 Å². The van der Waals surface area contributed by atoms with Crippen molar-refractivity contribution in [2.24, 2.45) is 28.6 Å². The van der Waals surface area contributed by atoms with Gasteiger partial charge in [-0.1, -0.05) is 41.5 Å². The third kappa shape index (κ3) is 4.71. The predicted molar refractivity (Wildman–Crippen MR) is 82.1 cm³/mol. The summed E-state index contributed by atoms with van der Waals surface area (Å²) in [4.78, 5) is 0. The van der Waals surface area contributed by atoms with E-state index in [1.54, 1.807) is 0 Å². The first-order valence-electron chi connectivity index (χ1n) is 7.97. The molecule has 0 aliphatic heterocycles. The molecule has 0 bridgehead atoms. The first-order valence-corrected chi connectivity index (χ1v) is 7.97. The van der Waals surface area contributed by atoms with Gasteiger partial charge in [0.25, 0.3) is 0 Å². The Morgan fingerprint density at radius 1 is 0.900 bits per heavy atom. The highest BCUT2D eigenvalue weighted by molar-refractivity contribution is 4.95. The Bertz CT molecular complexity index is 274. The van der Waals surface area contributed by atoms with E-state index in [0.717, 1.165) is 19.3 Å². The monoisotopic (exact) mass is 286 g/mol. The molecule has 2 unspecified atom stereocenters. The molecule has 0 amide bonds. The molecule has 1 aliphatic carbocycles. The largest absolute Gasteiger partial charge is 0.393 e. The van der Waals surface area contributed by atoms with Crippen LogP contribution in [0.3, 0.4) is 0 Å². The van der Waals surface area contributed by atoms with Crippen molar-refractivity contribution in [2.45, 2.75) is 79.6 Å². The van der Waals surface area contributed by atoms with Gasteiger partial charge >= 0.3 is 0 Å². The van der Waals surface area contributed by atoms with Crippen molar-refractivity contribution in [2.75, 3.05) is 0 Å². The molecule has 1 saturated carbocycles. The predicted octanol–water partition coefficient (Wildman–Crippen LogP) is 3.17. The fraction of sp³-hybridized carbons (Fsp3) is 1.00. The van der Waals surface area contributed by atoms with E-state index in [0.29, 0.717) is 12.3 Å². The summed E-state index contributed by atoms with van der Waals surface area (Å²) in [5.74, 6) is 1.04. The van der Waals surface area contributed by atoms with Crippen molar-refractivity contribution in [3.63, 3.8) is 0 Å². The molecule has 3 N–H and O–H groups in total. The molecule has 20 heavy (non-hydrogen) atoms. The summed E-state index contributed by atoms with van der Waals surface area (Å²) in [7, 11) is 0. The van der Waals surface area contributed by atoms with Crippen LogP contribution in [0.2, 0.25) is 0 Å². The molecule has 1 aliphatic rings. The molecule has 120 valence electrons. The molecular weight excluding hydrogens is 252 g/mol. The first kappa shape index (κ1) is 17.9. The molecule has 3 heteroatoms. The molecular formula is C17H34O3. The van der Waals surface area contributed by atoms with Gasteiger partial charge in [0, 0.05) is 0 Å². The smallest absolute Gasteiger partial charge is 0.151 e. The quantitative estimate of drug-likeness (QED) is 0.698. The van der Waals surface area contributed by atoms with Gasteiger partial charge < -0.3 is 15.3 Å². The van der Waals surface area contributed by atoms with E-state index >= 15 is 0 Å². The van der Waals surface area contributed by atoms with E-state index in [-0.39, 0.29) is 28.8 Å². The van der Waals surface area contributed by atoms with Crippen molar-refractivity contribution in [1.82, 2.24) is 0 Å². The molecule has 0 radical (unpaired) electrons. The fourth-order valence-corrected chi connectivity index (χ4v) is 3.73. The Labute approximate surface area is 124 Å². The standard InChI is InChI=1S/C17H34O3/c1-16(2,3)12-9-11(7-8-14(18)19)10-13(15(12)20)17(4,5)6/h11-15,18-20H,7-10H2,1-6H3. The van der Waals surface area contributed by atoms with Gasteiger partial charge in [0.05, 0.1) is 6.10 Å². The lowest BCUT2D eigenvalue weighted by atomic mass is 9.58. The summed E-state index contributed by atoms with van der Waals surface area (Å²) < 4.78 is 0. The SMILES string of the molecule is CC(C)(C)C1CC(CCC(O)O)CC(C(C)(C)C)C1O. The Kier molecular flexibility index (Phi) is 5.67. The van der Waals surface area contributed by atoms with Crippen molar-refractivity contribution in [1.29, 1.82) is 0 Å². The number of hydrogen-bond acceptors (Lipinski definition) is 3. The Morgan fingerprint density at radius 2 is 1.30 bits per heavy atom. The highest BCUT2D eigenvalue weighted by Crippen LogP contribution is 2.49. The first-order chi connectivity index (χ1) is 8.93. The highest BCUT2D eigenvalue weighted by Gasteiger charge is 2.45. The zero-order valence-corrected chi connectivity index (χ0v) is 14.1. The molecule has 3 nitrogen and oxygen atoms in total. The molecule has 1 fully saturated rings. The molecule has 0 saturated heterocycles. The Balaban J connectivity index is 2.87. The van der Waals surface area contributed by atoms with E-state index in [4.69, 9.17) is 10.2 Å². The molecule has 0 spiro atoms. The molecule has 0 aromatic heterocycles. The second kappa shape index (κ2) is 6.33. The third-order valence-corrected chi connectivity index (χ3v) is 5.06.